The molecule has 2 heterocycles. The van der Waals surface area contributed by atoms with E-state index in [2.05, 4.69) is 10.2 Å². The zero-order chi connectivity index (χ0) is 13.9. The molecule has 6 nitrogen and oxygen atoms in total. The molecule has 0 atom stereocenters. The normalized spacial score (nSPS) is 13.4. The number of fused-ring (bicyclic) bond motifs is 1. The van der Waals surface area contributed by atoms with Gasteiger partial charge in [-0.15, -0.1) is 0 Å². The van der Waals surface area contributed by atoms with E-state index in [1.807, 2.05) is 18.2 Å². The maximum absolute atomic E-state index is 9.20. The number of nitrogens with zero attached hydrogens (tertiary/aromatic N) is 2. The Hall–Kier alpha value is -1.86. The van der Waals surface area contributed by atoms with Crippen molar-refractivity contribution in [1.29, 1.82) is 0 Å². The number of aryl methyl sites for hydroxylation is 1. The van der Waals surface area contributed by atoms with Crippen LogP contribution in [0.1, 0.15) is 11.4 Å². The van der Waals surface area contributed by atoms with Crippen molar-refractivity contribution in [3.8, 4) is 11.5 Å². The topological polar surface area (TPSA) is 72.3 Å². The van der Waals surface area contributed by atoms with E-state index in [-0.39, 0.29) is 6.61 Å². The molecule has 0 bridgehead atoms. The Bertz CT molecular complexity index is 665. The number of aliphatic hydroxyl groups excluding tert-OH is 1. The number of benzene rings is 1. The molecule has 0 fully saturated rings. The summed E-state index contributed by atoms with van der Waals surface area (Å²) in [6.45, 7) is 1.70. The fourth-order valence-electron chi connectivity index (χ4n) is 2.19. The Balaban J connectivity index is 1.75. The standard InChI is InChI=1S/C13H15N3O3S/c17-8-12-14-15-13(20)16(12)4-3-9-1-2-10-11(7-9)19-6-5-18-10/h1-2,7,17H,3-6,8H2,(H,15,20). The molecular formula is C13H15N3O3S. The molecule has 0 saturated carbocycles. The Kier molecular flexibility index (Phi) is 3.70. The van der Waals surface area contributed by atoms with Gasteiger partial charge in [0, 0.05) is 6.54 Å². The monoisotopic (exact) mass is 293 g/mol. The molecule has 3 rings (SSSR count). The molecule has 20 heavy (non-hydrogen) atoms. The van der Waals surface area contributed by atoms with Crippen molar-refractivity contribution in [1.82, 2.24) is 14.8 Å². The van der Waals surface area contributed by atoms with Crippen molar-refractivity contribution in [3.63, 3.8) is 0 Å². The zero-order valence-electron chi connectivity index (χ0n) is 10.8. The largest absolute Gasteiger partial charge is 0.486 e. The van der Waals surface area contributed by atoms with Crippen LogP contribution in [0.5, 0.6) is 11.5 Å². The summed E-state index contributed by atoms with van der Waals surface area (Å²) in [6.07, 6.45) is 0.775. The number of aliphatic hydroxyl groups is 1. The highest BCUT2D eigenvalue weighted by atomic mass is 32.1. The Morgan fingerprint density at radius 1 is 1.30 bits per heavy atom. The number of H-pyrrole nitrogens is 1. The molecule has 2 N–H and O–H groups in total. The highest BCUT2D eigenvalue weighted by molar-refractivity contribution is 7.71. The van der Waals surface area contributed by atoms with Crippen LogP contribution in [0.4, 0.5) is 0 Å². The molecular weight excluding hydrogens is 278 g/mol. The average Bonchev–Trinajstić information content (AvgIpc) is 2.85. The lowest BCUT2D eigenvalue weighted by atomic mass is 10.1. The van der Waals surface area contributed by atoms with E-state index >= 15 is 0 Å². The number of nitrogens with one attached hydrogen (secondary N) is 1. The van der Waals surface area contributed by atoms with Gasteiger partial charge in [-0.25, -0.2) is 0 Å². The van der Waals surface area contributed by atoms with Gasteiger partial charge >= 0.3 is 0 Å². The maximum atomic E-state index is 9.20. The number of aromatic amines is 1. The third-order valence-electron chi connectivity index (χ3n) is 3.21. The van der Waals surface area contributed by atoms with Gasteiger partial charge in [-0.1, -0.05) is 6.07 Å². The molecule has 2 aromatic rings. The lowest BCUT2D eigenvalue weighted by molar-refractivity contribution is 0.171. The third-order valence-corrected chi connectivity index (χ3v) is 3.52. The summed E-state index contributed by atoms with van der Waals surface area (Å²) in [5, 5.41) is 15.9. The number of hydrogen-bond acceptors (Lipinski definition) is 5. The van der Waals surface area contributed by atoms with Crippen LogP contribution in [-0.2, 0) is 19.6 Å². The van der Waals surface area contributed by atoms with Gasteiger partial charge in [0.05, 0.1) is 0 Å². The predicted molar refractivity (Wildman–Crippen MR) is 74.5 cm³/mol. The van der Waals surface area contributed by atoms with E-state index in [4.69, 9.17) is 21.7 Å². The molecule has 0 radical (unpaired) electrons. The summed E-state index contributed by atoms with van der Waals surface area (Å²) in [7, 11) is 0. The average molecular weight is 293 g/mol. The lowest BCUT2D eigenvalue weighted by Gasteiger charge is -2.19. The van der Waals surface area contributed by atoms with Crippen LogP contribution >= 0.6 is 12.2 Å². The first kappa shape index (κ1) is 13.1. The maximum Gasteiger partial charge on any atom is 0.195 e. The van der Waals surface area contributed by atoms with E-state index in [0.717, 1.165) is 23.5 Å². The fraction of sp³-hybridized carbons (Fsp3) is 0.385. The second kappa shape index (κ2) is 5.64. The van der Waals surface area contributed by atoms with Crippen LogP contribution in [-0.4, -0.2) is 33.1 Å². The van der Waals surface area contributed by atoms with Crippen LogP contribution in [0.3, 0.4) is 0 Å². The van der Waals surface area contributed by atoms with Crippen molar-refractivity contribution < 1.29 is 14.6 Å². The van der Waals surface area contributed by atoms with Crippen LogP contribution < -0.4 is 9.47 Å². The smallest absolute Gasteiger partial charge is 0.195 e. The number of rotatable bonds is 4. The van der Waals surface area contributed by atoms with Gasteiger partial charge in [0.1, 0.15) is 19.8 Å². The Morgan fingerprint density at radius 2 is 2.10 bits per heavy atom. The van der Waals surface area contributed by atoms with Crippen LogP contribution in [0.25, 0.3) is 0 Å². The first-order chi connectivity index (χ1) is 9.78. The van der Waals surface area contributed by atoms with Crippen molar-refractivity contribution in [3.05, 3.63) is 34.4 Å². The molecule has 106 valence electrons. The van der Waals surface area contributed by atoms with Crippen LogP contribution in [0.15, 0.2) is 18.2 Å². The third kappa shape index (κ3) is 2.54. The molecule has 1 aromatic carbocycles. The van der Waals surface area contributed by atoms with Gasteiger partial charge in [-0.3, -0.25) is 5.10 Å². The minimum absolute atomic E-state index is 0.131. The van der Waals surface area contributed by atoms with Crippen molar-refractivity contribution in [2.75, 3.05) is 13.2 Å². The number of ether oxygens (including phenoxy) is 2. The summed E-state index contributed by atoms with van der Waals surface area (Å²) in [5.74, 6) is 2.12. The minimum Gasteiger partial charge on any atom is -0.486 e. The van der Waals surface area contributed by atoms with Gasteiger partial charge in [-0.2, -0.15) is 5.10 Å². The van der Waals surface area contributed by atoms with E-state index in [1.54, 1.807) is 4.57 Å². The van der Waals surface area contributed by atoms with Crippen molar-refractivity contribution >= 4 is 12.2 Å². The molecule has 0 spiro atoms. The molecule has 0 aliphatic carbocycles. The van der Waals surface area contributed by atoms with Crippen LogP contribution in [0.2, 0.25) is 0 Å². The SMILES string of the molecule is OCc1n[nH]c(=S)n1CCc1ccc2c(c1)OCCO2. The van der Waals surface area contributed by atoms with Crippen molar-refractivity contribution in [2.24, 2.45) is 0 Å². The summed E-state index contributed by atoms with van der Waals surface area (Å²) in [5.41, 5.74) is 1.13. The van der Waals surface area contributed by atoms with E-state index in [0.29, 0.717) is 30.4 Å². The zero-order valence-corrected chi connectivity index (χ0v) is 11.7. The Morgan fingerprint density at radius 3 is 2.90 bits per heavy atom. The van der Waals surface area contributed by atoms with Gasteiger partial charge in [0.25, 0.3) is 0 Å². The van der Waals surface area contributed by atoms with Gasteiger partial charge in [0.2, 0.25) is 0 Å². The second-order valence-electron chi connectivity index (χ2n) is 4.48. The van der Waals surface area contributed by atoms with E-state index < -0.39 is 0 Å². The number of hydrogen-bond donors (Lipinski definition) is 2. The highest BCUT2D eigenvalue weighted by Gasteiger charge is 2.12. The van der Waals surface area contributed by atoms with Gasteiger partial charge in [0.15, 0.2) is 22.1 Å². The predicted octanol–water partition coefficient (Wildman–Crippen LogP) is 1.45. The van der Waals surface area contributed by atoms with E-state index in [9.17, 15) is 5.11 Å². The van der Waals surface area contributed by atoms with E-state index in [1.165, 1.54) is 0 Å². The Labute approximate surface area is 121 Å². The fourth-order valence-corrected chi connectivity index (χ4v) is 2.43. The summed E-state index contributed by atoms with van der Waals surface area (Å²) in [4.78, 5) is 0. The minimum atomic E-state index is -0.131. The molecule has 1 aliphatic rings. The molecule has 1 aromatic heterocycles. The summed E-state index contributed by atoms with van der Waals surface area (Å²) in [6, 6.07) is 5.91. The lowest BCUT2D eigenvalue weighted by Crippen LogP contribution is -2.15. The van der Waals surface area contributed by atoms with Gasteiger partial charge in [-0.05, 0) is 36.3 Å². The summed E-state index contributed by atoms with van der Waals surface area (Å²) < 4.78 is 13.4. The van der Waals surface area contributed by atoms with Crippen molar-refractivity contribution in [2.45, 2.75) is 19.6 Å². The quantitative estimate of drug-likeness (QED) is 0.835. The molecule has 7 heteroatoms. The molecule has 0 amide bonds. The van der Waals surface area contributed by atoms with Crippen LogP contribution in [0, 0.1) is 4.77 Å². The summed E-state index contributed by atoms with van der Waals surface area (Å²) >= 11 is 5.14. The molecule has 0 saturated heterocycles. The second-order valence-corrected chi connectivity index (χ2v) is 4.87. The molecule has 0 unspecified atom stereocenters. The van der Waals surface area contributed by atoms with Gasteiger partial charge < -0.3 is 19.1 Å². The highest BCUT2D eigenvalue weighted by Crippen LogP contribution is 2.30. The molecule has 1 aliphatic heterocycles. The first-order valence-electron chi connectivity index (χ1n) is 6.41. The number of aromatic nitrogens is 3. The first-order valence-corrected chi connectivity index (χ1v) is 6.82.